The number of hydrogen-bond acceptors (Lipinski definition) is 2. The van der Waals surface area contributed by atoms with Gasteiger partial charge in [-0.05, 0) is 31.4 Å². The molecule has 0 radical (unpaired) electrons. The number of hydrogen-bond donors (Lipinski definition) is 2. The van der Waals surface area contributed by atoms with E-state index in [4.69, 9.17) is 0 Å². The van der Waals surface area contributed by atoms with Gasteiger partial charge in [-0.3, -0.25) is 5.32 Å². The van der Waals surface area contributed by atoms with Crippen molar-refractivity contribution in [3.8, 4) is 0 Å². The molecule has 2 heterocycles. The van der Waals surface area contributed by atoms with E-state index in [9.17, 15) is 0 Å². The van der Waals surface area contributed by atoms with Gasteiger partial charge in [-0.25, -0.2) is 0 Å². The molecule has 3 unspecified atom stereocenters. The monoisotopic (exact) mass is 164 g/mol. The second-order valence-electron chi connectivity index (χ2n) is 3.63. The first-order valence-electron chi connectivity index (χ1n) is 4.70. The van der Waals surface area contributed by atoms with Crippen molar-refractivity contribution >= 4 is 0 Å². The van der Waals surface area contributed by atoms with E-state index < -0.39 is 0 Å². The van der Waals surface area contributed by atoms with Gasteiger partial charge < -0.3 is 5.32 Å². The number of rotatable bonds is 1. The molecule has 0 saturated carbocycles. The van der Waals surface area contributed by atoms with Crippen molar-refractivity contribution in [3.05, 3.63) is 24.9 Å². The molecule has 1 saturated heterocycles. The Kier molecular flexibility index (Phi) is 2.17. The second kappa shape index (κ2) is 3.31. The molecule has 0 bridgehead atoms. The van der Waals surface area contributed by atoms with Crippen LogP contribution in [0.25, 0.3) is 0 Å². The zero-order valence-corrected chi connectivity index (χ0v) is 7.29. The Morgan fingerprint density at radius 3 is 3.17 bits per heavy atom. The van der Waals surface area contributed by atoms with Crippen molar-refractivity contribution in [1.82, 2.24) is 10.6 Å². The molecule has 66 valence electrons. The average molecular weight is 164 g/mol. The molecular formula is C10H16N2. The van der Waals surface area contributed by atoms with Crippen LogP contribution in [-0.4, -0.2) is 12.2 Å². The fourth-order valence-electron chi connectivity index (χ4n) is 2.05. The lowest BCUT2D eigenvalue weighted by molar-refractivity contribution is 0.224. The molecule has 3 atom stereocenters. The van der Waals surface area contributed by atoms with Gasteiger partial charge in [0.15, 0.2) is 0 Å². The minimum absolute atomic E-state index is 0.478. The number of fused-ring (bicyclic) bond motifs is 1. The second-order valence-corrected chi connectivity index (χ2v) is 3.63. The Balaban J connectivity index is 1.99. The summed E-state index contributed by atoms with van der Waals surface area (Å²) < 4.78 is 0. The summed E-state index contributed by atoms with van der Waals surface area (Å²) in [7, 11) is 0. The molecule has 2 heteroatoms. The first kappa shape index (κ1) is 7.87. The predicted octanol–water partition coefficient (Wildman–Crippen LogP) is 1.37. The molecule has 0 aliphatic carbocycles. The standard InChI is InChI=1S/C10H16N2/c1-2-9-6-5-8-4-3-7-11-10(8)12-9/h2-3,7-12H,1,4-6H2. The van der Waals surface area contributed by atoms with Crippen LogP contribution in [0.15, 0.2) is 24.9 Å². The van der Waals surface area contributed by atoms with Gasteiger partial charge in [-0.15, -0.1) is 6.58 Å². The van der Waals surface area contributed by atoms with Crippen LogP contribution in [-0.2, 0) is 0 Å². The van der Waals surface area contributed by atoms with Crippen LogP contribution in [0.4, 0.5) is 0 Å². The smallest absolute Gasteiger partial charge is 0.0799 e. The first-order chi connectivity index (χ1) is 5.90. The van der Waals surface area contributed by atoms with E-state index in [0.717, 1.165) is 5.92 Å². The molecule has 2 nitrogen and oxygen atoms in total. The van der Waals surface area contributed by atoms with Crippen LogP contribution >= 0.6 is 0 Å². The van der Waals surface area contributed by atoms with E-state index in [1.54, 1.807) is 0 Å². The Morgan fingerprint density at radius 1 is 1.42 bits per heavy atom. The van der Waals surface area contributed by atoms with Crippen molar-refractivity contribution in [2.24, 2.45) is 5.92 Å². The van der Waals surface area contributed by atoms with E-state index >= 15 is 0 Å². The fourth-order valence-corrected chi connectivity index (χ4v) is 2.05. The fraction of sp³-hybridized carbons (Fsp3) is 0.600. The van der Waals surface area contributed by atoms with Crippen LogP contribution < -0.4 is 10.6 Å². The molecule has 2 N–H and O–H groups in total. The van der Waals surface area contributed by atoms with Crippen LogP contribution in [0.1, 0.15) is 19.3 Å². The highest BCUT2D eigenvalue weighted by Crippen LogP contribution is 2.24. The normalized spacial score (nSPS) is 39.8. The summed E-state index contributed by atoms with van der Waals surface area (Å²) in [6.45, 7) is 3.81. The largest absolute Gasteiger partial charge is 0.376 e. The lowest BCUT2D eigenvalue weighted by atomic mass is 9.88. The Hall–Kier alpha value is -0.760. The van der Waals surface area contributed by atoms with Crippen molar-refractivity contribution in [2.75, 3.05) is 0 Å². The van der Waals surface area contributed by atoms with Gasteiger partial charge in [0.05, 0.1) is 6.17 Å². The summed E-state index contributed by atoms with van der Waals surface area (Å²) in [6.07, 6.45) is 10.5. The molecule has 2 aliphatic rings. The van der Waals surface area contributed by atoms with Gasteiger partial charge >= 0.3 is 0 Å². The Morgan fingerprint density at radius 2 is 2.33 bits per heavy atom. The van der Waals surface area contributed by atoms with E-state index in [1.165, 1.54) is 19.3 Å². The molecule has 2 aliphatic heterocycles. The van der Waals surface area contributed by atoms with Gasteiger partial charge in [0, 0.05) is 6.04 Å². The van der Waals surface area contributed by atoms with Crippen LogP contribution in [0, 0.1) is 5.92 Å². The van der Waals surface area contributed by atoms with Crippen LogP contribution in [0.5, 0.6) is 0 Å². The van der Waals surface area contributed by atoms with Gasteiger partial charge in [-0.1, -0.05) is 12.2 Å². The number of nitrogens with one attached hydrogen (secondary N) is 2. The summed E-state index contributed by atoms with van der Waals surface area (Å²) >= 11 is 0. The van der Waals surface area contributed by atoms with Gasteiger partial charge in [0.2, 0.25) is 0 Å². The van der Waals surface area contributed by atoms with Crippen molar-refractivity contribution in [1.29, 1.82) is 0 Å². The Bertz CT molecular complexity index is 198. The molecule has 12 heavy (non-hydrogen) atoms. The maximum atomic E-state index is 3.81. The average Bonchev–Trinajstić information content (AvgIpc) is 2.17. The Labute approximate surface area is 73.7 Å². The van der Waals surface area contributed by atoms with E-state index in [1.807, 2.05) is 6.08 Å². The van der Waals surface area contributed by atoms with E-state index in [2.05, 4.69) is 29.5 Å². The summed E-state index contributed by atoms with van der Waals surface area (Å²) in [5.41, 5.74) is 0. The molecule has 0 spiro atoms. The van der Waals surface area contributed by atoms with Gasteiger partial charge in [-0.2, -0.15) is 0 Å². The first-order valence-corrected chi connectivity index (χ1v) is 4.70. The zero-order valence-electron chi connectivity index (χ0n) is 7.29. The lowest BCUT2D eigenvalue weighted by Crippen LogP contribution is -2.54. The minimum Gasteiger partial charge on any atom is -0.376 e. The van der Waals surface area contributed by atoms with Crippen LogP contribution in [0.3, 0.4) is 0 Å². The van der Waals surface area contributed by atoms with Gasteiger partial charge in [0.1, 0.15) is 0 Å². The van der Waals surface area contributed by atoms with Gasteiger partial charge in [0.25, 0.3) is 0 Å². The summed E-state index contributed by atoms with van der Waals surface area (Å²) in [4.78, 5) is 0. The van der Waals surface area contributed by atoms with Crippen molar-refractivity contribution in [3.63, 3.8) is 0 Å². The van der Waals surface area contributed by atoms with Crippen molar-refractivity contribution < 1.29 is 0 Å². The molecule has 1 fully saturated rings. The number of allylic oxidation sites excluding steroid dienone is 1. The summed E-state index contributed by atoms with van der Waals surface area (Å²) in [5, 5.41) is 6.87. The third kappa shape index (κ3) is 1.39. The van der Waals surface area contributed by atoms with E-state index in [-0.39, 0.29) is 0 Å². The minimum atomic E-state index is 0.478. The summed E-state index contributed by atoms with van der Waals surface area (Å²) in [6, 6.07) is 0.505. The highest BCUT2D eigenvalue weighted by atomic mass is 15.1. The predicted molar refractivity (Wildman–Crippen MR) is 50.5 cm³/mol. The molecule has 0 aromatic carbocycles. The van der Waals surface area contributed by atoms with Crippen LogP contribution in [0.2, 0.25) is 0 Å². The summed E-state index contributed by atoms with van der Waals surface area (Å²) in [5.74, 6) is 0.784. The van der Waals surface area contributed by atoms with E-state index in [0.29, 0.717) is 12.2 Å². The molecule has 0 aromatic heterocycles. The quantitative estimate of drug-likeness (QED) is 0.572. The van der Waals surface area contributed by atoms with Crippen molar-refractivity contribution in [2.45, 2.75) is 31.5 Å². The topological polar surface area (TPSA) is 24.1 Å². The lowest BCUT2D eigenvalue weighted by Gasteiger charge is -2.38. The third-order valence-corrected chi connectivity index (χ3v) is 2.83. The molecule has 2 rings (SSSR count). The maximum Gasteiger partial charge on any atom is 0.0799 e. The highest BCUT2D eigenvalue weighted by molar-refractivity contribution is 5.01. The maximum absolute atomic E-state index is 3.81. The highest BCUT2D eigenvalue weighted by Gasteiger charge is 2.28. The molecule has 0 aromatic rings. The zero-order chi connectivity index (χ0) is 8.39. The third-order valence-electron chi connectivity index (χ3n) is 2.83. The molecule has 0 amide bonds. The molecular weight excluding hydrogens is 148 g/mol. The SMILES string of the molecule is C=CC1CCC2CC=CNC2N1. The number of piperidine rings is 1.